The first kappa shape index (κ1) is 19.2. The molecule has 1 saturated heterocycles. The molecule has 138 valence electrons. The molecular weight excluding hydrogens is 346 g/mol. The molecule has 1 N–H and O–H groups in total. The van der Waals surface area contributed by atoms with Gasteiger partial charge >= 0.3 is 5.97 Å². The number of esters is 1. The maximum atomic E-state index is 12.0. The number of hydrogen-bond donors (Lipinski definition) is 1. The molecule has 25 heavy (non-hydrogen) atoms. The Balaban J connectivity index is 1.79. The van der Waals surface area contributed by atoms with E-state index in [4.69, 9.17) is 9.47 Å². The Hall–Kier alpha value is -2.09. The zero-order valence-electron chi connectivity index (χ0n) is 14.6. The zero-order chi connectivity index (χ0) is 18.6. The van der Waals surface area contributed by atoms with E-state index in [0.717, 1.165) is 11.1 Å². The van der Waals surface area contributed by atoms with E-state index in [0.29, 0.717) is 12.2 Å². The number of amides is 1. The summed E-state index contributed by atoms with van der Waals surface area (Å²) in [4.78, 5) is 23.8. The molecule has 1 fully saturated rings. The van der Waals surface area contributed by atoms with Crippen molar-refractivity contribution in [3.8, 4) is 5.75 Å². The molecule has 0 bridgehead atoms. The predicted molar refractivity (Wildman–Crippen MR) is 92.2 cm³/mol. The number of carbonyl (C=O) groups is 2. The lowest BCUT2D eigenvalue weighted by atomic mass is 10.1. The Morgan fingerprint density at radius 2 is 2.04 bits per heavy atom. The zero-order valence-corrected chi connectivity index (χ0v) is 15.4. The Morgan fingerprint density at radius 3 is 2.68 bits per heavy atom. The predicted octanol–water partition coefficient (Wildman–Crippen LogP) is 0.917. The van der Waals surface area contributed by atoms with Crippen LogP contribution < -0.4 is 10.1 Å². The van der Waals surface area contributed by atoms with Crippen LogP contribution in [0.4, 0.5) is 0 Å². The molecule has 2 atom stereocenters. The molecule has 0 spiro atoms. The summed E-state index contributed by atoms with van der Waals surface area (Å²) >= 11 is 0. The molecule has 8 heteroatoms. The van der Waals surface area contributed by atoms with E-state index in [2.05, 4.69) is 5.32 Å². The second kappa shape index (κ2) is 7.86. The molecule has 0 aromatic heterocycles. The normalized spacial score (nSPS) is 19.9. The molecule has 2 rings (SSSR count). The fraction of sp³-hybridized carbons (Fsp3) is 0.529. The van der Waals surface area contributed by atoms with Crippen molar-refractivity contribution in [2.24, 2.45) is 0 Å². The Kier molecular flexibility index (Phi) is 6.05. The van der Waals surface area contributed by atoms with Crippen molar-refractivity contribution in [1.29, 1.82) is 0 Å². The molecule has 1 aromatic rings. The lowest BCUT2D eigenvalue weighted by molar-refractivity contribution is -0.156. The van der Waals surface area contributed by atoms with Crippen molar-refractivity contribution in [1.82, 2.24) is 5.32 Å². The molecule has 1 aliphatic heterocycles. The van der Waals surface area contributed by atoms with Crippen LogP contribution in [0.2, 0.25) is 0 Å². The molecule has 0 saturated carbocycles. The lowest BCUT2D eigenvalue weighted by Gasteiger charge is -2.17. The molecule has 0 radical (unpaired) electrons. The third-order valence-corrected chi connectivity index (χ3v) is 5.92. The van der Waals surface area contributed by atoms with Crippen LogP contribution in [0.5, 0.6) is 5.75 Å². The first-order valence-electron chi connectivity index (χ1n) is 8.07. The second-order valence-corrected chi connectivity index (χ2v) is 8.46. The highest BCUT2D eigenvalue weighted by atomic mass is 32.2. The topological polar surface area (TPSA) is 98.8 Å². The highest BCUT2D eigenvalue weighted by Gasteiger charge is 2.30. The van der Waals surface area contributed by atoms with Crippen molar-refractivity contribution in [3.05, 3.63) is 29.3 Å². The number of sulfone groups is 1. The molecule has 7 nitrogen and oxygen atoms in total. The number of rotatable bonds is 6. The highest BCUT2D eigenvalue weighted by Crippen LogP contribution is 2.20. The van der Waals surface area contributed by atoms with Crippen LogP contribution in [0, 0.1) is 13.8 Å². The average molecular weight is 369 g/mol. The van der Waals surface area contributed by atoms with Gasteiger partial charge in [-0.2, -0.15) is 0 Å². The van der Waals surface area contributed by atoms with Gasteiger partial charge in [-0.1, -0.05) is 12.1 Å². The summed E-state index contributed by atoms with van der Waals surface area (Å²) in [7, 11) is -3.08. The van der Waals surface area contributed by atoms with Gasteiger partial charge in [0.15, 0.2) is 22.5 Å². The molecule has 1 amide bonds. The number of aryl methyl sites for hydroxylation is 1. The Bertz CT molecular complexity index is 758. The number of ether oxygens (including phenoxy) is 2. The first-order valence-corrected chi connectivity index (χ1v) is 9.89. The maximum absolute atomic E-state index is 12.0. The van der Waals surface area contributed by atoms with Crippen LogP contribution in [0.3, 0.4) is 0 Å². The average Bonchev–Trinajstić information content (AvgIpc) is 2.87. The molecule has 1 aliphatic rings. The van der Waals surface area contributed by atoms with Crippen LogP contribution in [0.15, 0.2) is 18.2 Å². The third-order valence-electron chi connectivity index (χ3n) is 4.16. The van der Waals surface area contributed by atoms with Gasteiger partial charge in [0.25, 0.3) is 5.91 Å². The number of hydrogen-bond acceptors (Lipinski definition) is 6. The van der Waals surface area contributed by atoms with Crippen molar-refractivity contribution in [2.75, 3.05) is 18.1 Å². The van der Waals surface area contributed by atoms with Gasteiger partial charge in [-0.3, -0.25) is 4.79 Å². The van der Waals surface area contributed by atoms with E-state index in [9.17, 15) is 18.0 Å². The molecule has 1 aromatic carbocycles. The van der Waals surface area contributed by atoms with Crippen LogP contribution in [0.25, 0.3) is 0 Å². The van der Waals surface area contributed by atoms with Gasteiger partial charge in [0.05, 0.1) is 11.5 Å². The van der Waals surface area contributed by atoms with E-state index >= 15 is 0 Å². The van der Waals surface area contributed by atoms with Gasteiger partial charge in [-0.05, 0) is 44.4 Å². The van der Waals surface area contributed by atoms with Crippen molar-refractivity contribution < 1.29 is 27.5 Å². The third kappa shape index (κ3) is 5.45. The van der Waals surface area contributed by atoms with Gasteiger partial charge < -0.3 is 14.8 Å². The molecule has 0 aliphatic carbocycles. The maximum Gasteiger partial charge on any atom is 0.344 e. The van der Waals surface area contributed by atoms with Crippen molar-refractivity contribution >= 4 is 21.7 Å². The smallest absolute Gasteiger partial charge is 0.344 e. The van der Waals surface area contributed by atoms with Gasteiger partial charge in [-0.15, -0.1) is 0 Å². The van der Waals surface area contributed by atoms with Gasteiger partial charge in [0.1, 0.15) is 5.75 Å². The summed E-state index contributed by atoms with van der Waals surface area (Å²) in [5.41, 5.74) is 1.98. The first-order chi connectivity index (χ1) is 11.7. The fourth-order valence-corrected chi connectivity index (χ4v) is 4.20. The van der Waals surface area contributed by atoms with E-state index in [1.54, 1.807) is 6.07 Å². The van der Waals surface area contributed by atoms with E-state index in [-0.39, 0.29) is 18.1 Å². The molecule has 0 unspecified atom stereocenters. The Labute approximate surface area is 147 Å². The number of benzene rings is 1. The minimum absolute atomic E-state index is 0.0653. The summed E-state index contributed by atoms with van der Waals surface area (Å²) in [5.74, 6) is -0.597. The van der Waals surface area contributed by atoms with Gasteiger partial charge in [-0.25, -0.2) is 13.2 Å². The van der Waals surface area contributed by atoms with Crippen LogP contribution in [-0.4, -0.2) is 50.6 Å². The summed E-state index contributed by atoms with van der Waals surface area (Å²) in [6.07, 6.45) is -0.636. The monoisotopic (exact) mass is 369 g/mol. The van der Waals surface area contributed by atoms with Gasteiger partial charge in [0.2, 0.25) is 0 Å². The summed E-state index contributed by atoms with van der Waals surface area (Å²) in [6.45, 7) is 4.96. The standard InChI is InChI=1S/C17H23NO6S/c1-11-5-4-6-15(12(11)2)23-9-16(19)24-13(3)17(20)18-14-7-8-25(21,22)10-14/h4-6,13-14H,7-10H2,1-3H3,(H,18,20)/t13-,14+/m0/s1. The Morgan fingerprint density at radius 1 is 1.32 bits per heavy atom. The quantitative estimate of drug-likeness (QED) is 0.749. The van der Waals surface area contributed by atoms with Gasteiger partial charge in [0, 0.05) is 6.04 Å². The van der Waals surface area contributed by atoms with Crippen LogP contribution in [-0.2, 0) is 24.2 Å². The van der Waals surface area contributed by atoms with E-state index < -0.39 is 33.9 Å². The second-order valence-electron chi connectivity index (χ2n) is 6.23. The van der Waals surface area contributed by atoms with E-state index in [1.165, 1.54) is 6.92 Å². The lowest BCUT2D eigenvalue weighted by Crippen LogP contribution is -2.43. The van der Waals surface area contributed by atoms with Crippen LogP contribution >= 0.6 is 0 Å². The molecular formula is C17H23NO6S. The molecule has 1 heterocycles. The number of carbonyl (C=O) groups excluding carboxylic acids is 2. The van der Waals surface area contributed by atoms with Crippen molar-refractivity contribution in [2.45, 2.75) is 39.3 Å². The SMILES string of the molecule is Cc1cccc(OCC(=O)O[C@@H](C)C(=O)N[C@@H]2CCS(=O)(=O)C2)c1C. The largest absolute Gasteiger partial charge is 0.482 e. The number of nitrogens with one attached hydrogen (secondary N) is 1. The summed E-state index contributed by atoms with van der Waals surface area (Å²) in [6, 6.07) is 5.10. The van der Waals surface area contributed by atoms with E-state index in [1.807, 2.05) is 26.0 Å². The fourth-order valence-electron chi connectivity index (χ4n) is 2.53. The summed E-state index contributed by atoms with van der Waals surface area (Å²) < 4.78 is 33.3. The summed E-state index contributed by atoms with van der Waals surface area (Å²) in [5, 5.41) is 2.59. The van der Waals surface area contributed by atoms with Crippen LogP contribution in [0.1, 0.15) is 24.5 Å². The minimum Gasteiger partial charge on any atom is -0.482 e. The van der Waals surface area contributed by atoms with Crippen molar-refractivity contribution in [3.63, 3.8) is 0 Å². The minimum atomic E-state index is -3.08. The highest BCUT2D eigenvalue weighted by molar-refractivity contribution is 7.91.